The Balaban J connectivity index is 1.71. The summed E-state index contributed by atoms with van der Waals surface area (Å²) in [6, 6.07) is 4.44. The van der Waals surface area contributed by atoms with Gasteiger partial charge in [-0.3, -0.25) is 4.79 Å². The van der Waals surface area contributed by atoms with Crippen LogP contribution in [0.4, 0.5) is 0 Å². The SMILES string of the molecule is COc1ccc(C(C)=O)c(O[C@@H]2O[C@H](CO[C@H]3OC[C@H](O)[C@@H](O)[C@@H]3O)[C@@H](O)[C@H](O)[C@H]2O)c1. The number of rotatable bonds is 7. The Kier molecular flexibility index (Phi) is 8.03. The van der Waals surface area contributed by atoms with E-state index in [-0.39, 0.29) is 23.7 Å². The normalized spacial score (nSPS) is 37.7. The van der Waals surface area contributed by atoms with Crippen LogP contribution in [0.1, 0.15) is 17.3 Å². The monoisotopic (exact) mass is 460 g/mol. The Morgan fingerprint density at radius 2 is 1.69 bits per heavy atom. The first-order chi connectivity index (χ1) is 15.1. The van der Waals surface area contributed by atoms with Gasteiger partial charge in [-0.2, -0.15) is 0 Å². The highest BCUT2D eigenvalue weighted by atomic mass is 16.7. The predicted octanol–water partition coefficient (Wildman–Crippen LogP) is -2.46. The number of hydrogen-bond donors (Lipinski definition) is 6. The van der Waals surface area contributed by atoms with Gasteiger partial charge in [-0.05, 0) is 19.1 Å². The third kappa shape index (κ3) is 5.20. The first kappa shape index (κ1) is 24.8. The van der Waals surface area contributed by atoms with Gasteiger partial charge in [0.2, 0.25) is 6.29 Å². The number of methoxy groups -OCH3 is 1. The highest BCUT2D eigenvalue weighted by Gasteiger charge is 2.46. The molecule has 3 rings (SSSR count). The van der Waals surface area contributed by atoms with Crippen molar-refractivity contribution in [3.63, 3.8) is 0 Å². The van der Waals surface area contributed by atoms with Crippen molar-refractivity contribution >= 4 is 5.78 Å². The van der Waals surface area contributed by atoms with Gasteiger partial charge < -0.3 is 54.3 Å². The molecule has 0 aromatic heterocycles. The molecule has 0 unspecified atom stereocenters. The van der Waals surface area contributed by atoms with Crippen LogP contribution in [-0.4, -0.2) is 112 Å². The van der Waals surface area contributed by atoms with Crippen LogP contribution in [0.3, 0.4) is 0 Å². The van der Waals surface area contributed by atoms with Crippen molar-refractivity contribution in [3.05, 3.63) is 23.8 Å². The van der Waals surface area contributed by atoms with E-state index in [9.17, 15) is 35.4 Å². The third-order valence-corrected chi connectivity index (χ3v) is 5.36. The van der Waals surface area contributed by atoms with E-state index in [0.717, 1.165) is 0 Å². The maximum absolute atomic E-state index is 11.9. The summed E-state index contributed by atoms with van der Waals surface area (Å²) in [5.74, 6) is 0.0878. The van der Waals surface area contributed by atoms with Gasteiger partial charge in [0, 0.05) is 6.07 Å². The zero-order valence-corrected chi connectivity index (χ0v) is 17.5. The fourth-order valence-electron chi connectivity index (χ4n) is 3.41. The first-order valence-corrected chi connectivity index (χ1v) is 9.96. The fourth-order valence-corrected chi connectivity index (χ4v) is 3.41. The molecule has 0 spiro atoms. The molecule has 180 valence electrons. The summed E-state index contributed by atoms with van der Waals surface area (Å²) in [6.45, 7) is 0.615. The van der Waals surface area contributed by atoms with Crippen molar-refractivity contribution < 1.29 is 59.1 Å². The molecule has 6 N–H and O–H groups in total. The zero-order chi connectivity index (χ0) is 23.6. The largest absolute Gasteiger partial charge is 0.497 e. The van der Waals surface area contributed by atoms with Gasteiger partial charge in [-0.15, -0.1) is 0 Å². The Labute approximate surface area is 183 Å². The van der Waals surface area contributed by atoms with Crippen LogP contribution in [0, 0.1) is 0 Å². The molecule has 2 fully saturated rings. The Morgan fingerprint density at radius 1 is 1.00 bits per heavy atom. The van der Waals surface area contributed by atoms with Crippen LogP contribution in [0.15, 0.2) is 18.2 Å². The average molecular weight is 460 g/mol. The van der Waals surface area contributed by atoms with Gasteiger partial charge in [0.15, 0.2) is 12.1 Å². The van der Waals surface area contributed by atoms with Gasteiger partial charge in [0.1, 0.15) is 54.2 Å². The Hall–Kier alpha value is -1.87. The lowest BCUT2D eigenvalue weighted by molar-refractivity contribution is -0.307. The van der Waals surface area contributed by atoms with Crippen LogP contribution in [0.25, 0.3) is 0 Å². The molecule has 2 heterocycles. The zero-order valence-electron chi connectivity index (χ0n) is 17.5. The second-order valence-corrected chi connectivity index (χ2v) is 7.63. The van der Waals surface area contributed by atoms with Crippen molar-refractivity contribution in [1.82, 2.24) is 0 Å². The van der Waals surface area contributed by atoms with Crippen molar-refractivity contribution in [3.8, 4) is 11.5 Å². The molecule has 1 aromatic carbocycles. The molecule has 0 aliphatic carbocycles. The molecular weight excluding hydrogens is 432 g/mol. The van der Waals surface area contributed by atoms with E-state index in [1.54, 1.807) is 6.07 Å². The van der Waals surface area contributed by atoms with E-state index >= 15 is 0 Å². The fraction of sp³-hybridized carbons (Fsp3) is 0.650. The van der Waals surface area contributed by atoms with Crippen LogP contribution >= 0.6 is 0 Å². The minimum absolute atomic E-state index is 0.0345. The number of hydrogen-bond acceptors (Lipinski definition) is 12. The van der Waals surface area contributed by atoms with Crippen molar-refractivity contribution in [2.75, 3.05) is 20.3 Å². The standard InChI is InChI=1S/C20H28O12/c1-8(21)10-4-3-9(28-2)5-12(10)31-20-18(27)16(25)15(24)13(32-20)7-30-19-17(26)14(23)11(22)6-29-19/h3-5,11,13-20,22-27H,6-7H2,1-2H3/t11-,13+,14+,15+,16-,17-,18+,19+,20+/m0/s1. The average Bonchev–Trinajstić information content (AvgIpc) is 2.77. The van der Waals surface area contributed by atoms with Crippen LogP contribution in [0.5, 0.6) is 11.5 Å². The van der Waals surface area contributed by atoms with Crippen LogP contribution < -0.4 is 9.47 Å². The Morgan fingerprint density at radius 3 is 2.34 bits per heavy atom. The molecule has 12 heteroatoms. The molecule has 0 bridgehead atoms. The highest BCUT2D eigenvalue weighted by molar-refractivity contribution is 5.97. The number of benzene rings is 1. The lowest BCUT2D eigenvalue weighted by atomic mass is 9.99. The number of carbonyl (C=O) groups is 1. The lowest BCUT2D eigenvalue weighted by Crippen LogP contribution is -2.61. The molecule has 9 atom stereocenters. The number of aliphatic hydroxyl groups excluding tert-OH is 6. The molecule has 0 amide bonds. The molecule has 0 saturated carbocycles. The van der Waals surface area contributed by atoms with Gasteiger partial charge in [0.25, 0.3) is 0 Å². The van der Waals surface area contributed by atoms with Crippen molar-refractivity contribution in [2.24, 2.45) is 0 Å². The third-order valence-electron chi connectivity index (χ3n) is 5.36. The predicted molar refractivity (Wildman–Crippen MR) is 104 cm³/mol. The molecule has 1 aromatic rings. The van der Waals surface area contributed by atoms with E-state index in [1.807, 2.05) is 0 Å². The van der Waals surface area contributed by atoms with E-state index in [0.29, 0.717) is 5.75 Å². The number of ketones is 1. The van der Waals surface area contributed by atoms with Crippen LogP contribution in [0.2, 0.25) is 0 Å². The summed E-state index contributed by atoms with van der Waals surface area (Å²) in [4.78, 5) is 11.9. The second kappa shape index (κ2) is 10.4. The van der Waals surface area contributed by atoms with E-state index in [4.69, 9.17) is 23.7 Å². The van der Waals surface area contributed by atoms with Gasteiger partial charge in [0.05, 0.1) is 25.9 Å². The maximum atomic E-state index is 11.9. The molecule has 0 radical (unpaired) electrons. The van der Waals surface area contributed by atoms with Crippen molar-refractivity contribution in [2.45, 2.75) is 62.2 Å². The lowest BCUT2D eigenvalue weighted by Gasteiger charge is -2.41. The molecule has 32 heavy (non-hydrogen) atoms. The summed E-state index contributed by atoms with van der Waals surface area (Å²) < 4.78 is 26.8. The summed E-state index contributed by atoms with van der Waals surface area (Å²) in [5.41, 5.74) is 0.182. The van der Waals surface area contributed by atoms with E-state index < -0.39 is 61.9 Å². The molecule has 2 aliphatic rings. The summed E-state index contributed by atoms with van der Waals surface area (Å²) in [5, 5.41) is 60.0. The van der Waals surface area contributed by atoms with E-state index in [2.05, 4.69) is 0 Å². The number of Topliss-reactive ketones (excluding diaryl/α,β-unsaturated/α-hetero) is 1. The number of carbonyl (C=O) groups excluding carboxylic acids is 1. The topological polar surface area (TPSA) is 185 Å². The number of ether oxygens (including phenoxy) is 5. The Bertz CT molecular complexity index is 788. The molecule has 12 nitrogen and oxygen atoms in total. The molecular formula is C20H28O12. The quantitative estimate of drug-likeness (QED) is 0.236. The van der Waals surface area contributed by atoms with Crippen LogP contribution in [-0.2, 0) is 14.2 Å². The molecule has 2 aliphatic heterocycles. The number of aliphatic hydroxyl groups is 6. The highest BCUT2D eigenvalue weighted by Crippen LogP contribution is 2.30. The second-order valence-electron chi connectivity index (χ2n) is 7.63. The smallest absolute Gasteiger partial charge is 0.229 e. The summed E-state index contributed by atoms with van der Waals surface area (Å²) in [7, 11) is 1.42. The molecule has 2 saturated heterocycles. The summed E-state index contributed by atoms with van der Waals surface area (Å²) >= 11 is 0. The maximum Gasteiger partial charge on any atom is 0.229 e. The minimum Gasteiger partial charge on any atom is -0.497 e. The first-order valence-electron chi connectivity index (χ1n) is 9.96. The van der Waals surface area contributed by atoms with E-state index in [1.165, 1.54) is 26.2 Å². The van der Waals surface area contributed by atoms with Gasteiger partial charge in [-0.25, -0.2) is 0 Å². The van der Waals surface area contributed by atoms with Gasteiger partial charge in [-0.1, -0.05) is 0 Å². The minimum atomic E-state index is -1.68. The summed E-state index contributed by atoms with van der Waals surface area (Å²) in [6.07, 6.45) is -13.3. The van der Waals surface area contributed by atoms with Gasteiger partial charge >= 0.3 is 0 Å². The van der Waals surface area contributed by atoms with Crippen molar-refractivity contribution in [1.29, 1.82) is 0 Å².